The monoisotopic (exact) mass is 274 g/mol. The quantitative estimate of drug-likeness (QED) is 0.783. The maximum Gasteiger partial charge on any atom is 0.296 e. The summed E-state index contributed by atoms with van der Waals surface area (Å²) in [5.41, 5.74) is 0.0415. The molecule has 0 aliphatic rings. The van der Waals surface area contributed by atoms with E-state index in [0.29, 0.717) is 5.69 Å². The second kappa shape index (κ2) is 3.97. The van der Waals surface area contributed by atoms with Crippen LogP contribution in [0.25, 0.3) is 11.5 Å². The molecule has 0 aromatic carbocycles. The largest absolute Gasteiger partial charge is 0.319 e. The Morgan fingerprint density at radius 3 is 2.59 bits per heavy atom. The fourth-order valence-electron chi connectivity index (χ4n) is 1.34. The molecule has 90 valence electrons. The van der Waals surface area contributed by atoms with Gasteiger partial charge in [-0.2, -0.15) is 0 Å². The summed E-state index contributed by atoms with van der Waals surface area (Å²) in [5.74, 6) is 0.210. The first kappa shape index (κ1) is 11.8. The molecular weight excluding hydrogens is 268 g/mol. The van der Waals surface area contributed by atoms with Gasteiger partial charge < -0.3 is 4.98 Å². The van der Waals surface area contributed by atoms with Crippen LogP contribution in [0.15, 0.2) is 28.2 Å². The molecule has 0 saturated heterocycles. The number of H-pyrrole nitrogens is 1. The number of aromatic nitrogens is 4. The van der Waals surface area contributed by atoms with Crippen molar-refractivity contribution in [3.8, 4) is 11.5 Å². The number of hydrogen-bond acceptors (Lipinski definition) is 5. The van der Waals surface area contributed by atoms with Gasteiger partial charge >= 0.3 is 0 Å². The zero-order valence-corrected chi connectivity index (χ0v) is 10.2. The Hall–Kier alpha value is -1.67. The topological polar surface area (TPSA) is 97.7 Å². The van der Waals surface area contributed by atoms with Gasteiger partial charge in [0.1, 0.15) is 0 Å². The van der Waals surface area contributed by atoms with E-state index in [1.165, 1.54) is 23.7 Å². The molecule has 7 nitrogen and oxygen atoms in total. The van der Waals surface area contributed by atoms with Crippen LogP contribution in [-0.4, -0.2) is 28.2 Å². The number of rotatable bonds is 2. The fraction of sp³-hybridized carbons (Fsp3) is 0.125. The van der Waals surface area contributed by atoms with Gasteiger partial charge in [-0.1, -0.05) is 6.07 Å². The molecule has 2 rings (SSSR count). The molecule has 0 saturated carbocycles. The summed E-state index contributed by atoms with van der Waals surface area (Å²) in [4.78, 5) is 13.6. The standard InChI is InChI=1S/C8H7ClN4O3S/c1-13-7(5-3-2-4-6(14)10-5)11-12-8(13)17(9,15)16/h2-4H,1H3,(H,10,14). The van der Waals surface area contributed by atoms with Gasteiger partial charge in [-0.3, -0.25) is 9.36 Å². The summed E-state index contributed by atoms with van der Waals surface area (Å²) < 4.78 is 23.5. The molecule has 0 spiro atoms. The Morgan fingerprint density at radius 2 is 2.06 bits per heavy atom. The Kier molecular flexibility index (Phi) is 2.76. The smallest absolute Gasteiger partial charge is 0.296 e. The molecule has 0 atom stereocenters. The minimum absolute atomic E-state index is 0.210. The molecule has 0 amide bonds. The van der Waals surface area contributed by atoms with Crippen LogP contribution in [0.2, 0.25) is 0 Å². The Labute approximate surface area is 100 Å². The van der Waals surface area contributed by atoms with Gasteiger partial charge in [0.2, 0.25) is 5.56 Å². The minimum atomic E-state index is -3.96. The summed E-state index contributed by atoms with van der Waals surface area (Å²) in [6.45, 7) is 0. The van der Waals surface area contributed by atoms with Crippen LogP contribution >= 0.6 is 10.7 Å². The van der Waals surface area contributed by atoms with Crippen molar-refractivity contribution < 1.29 is 8.42 Å². The summed E-state index contributed by atoms with van der Waals surface area (Å²) in [6.07, 6.45) is 0. The Balaban J connectivity index is 2.64. The van der Waals surface area contributed by atoms with Crippen molar-refractivity contribution in [3.63, 3.8) is 0 Å². The first-order chi connectivity index (χ1) is 7.89. The van der Waals surface area contributed by atoms with E-state index in [2.05, 4.69) is 15.2 Å². The second-order valence-electron chi connectivity index (χ2n) is 3.23. The van der Waals surface area contributed by atoms with Gasteiger partial charge in [0, 0.05) is 23.8 Å². The van der Waals surface area contributed by atoms with Crippen LogP contribution < -0.4 is 5.56 Å². The van der Waals surface area contributed by atoms with E-state index in [0.717, 1.165) is 0 Å². The molecular formula is C8H7ClN4O3S. The van der Waals surface area contributed by atoms with Crippen molar-refractivity contribution in [1.29, 1.82) is 0 Å². The van der Waals surface area contributed by atoms with E-state index >= 15 is 0 Å². The second-order valence-corrected chi connectivity index (χ2v) is 5.69. The summed E-state index contributed by atoms with van der Waals surface area (Å²) in [6, 6.07) is 4.44. The van der Waals surface area contributed by atoms with E-state index in [1.807, 2.05) is 0 Å². The van der Waals surface area contributed by atoms with Crippen molar-refractivity contribution in [2.45, 2.75) is 5.16 Å². The highest BCUT2D eigenvalue weighted by Gasteiger charge is 2.21. The third-order valence-corrected chi connectivity index (χ3v) is 3.27. The van der Waals surface area contributed by atoms with Crippen molar-refractivity contribution in [3.05, 3.63) is 28.6 Å². The lowest BCUT2D eigenvalue weighted by molar-refractivity contribution is 0.593. The third kappa shape index (κ3) is 2.22. The first-order valence-corrected chi connectivity index (χ1v) is 6.74. The number of halogens is 1. The zero-order chi connectivity index (χ0) is 12.6. The first-order valence-electron chi connectivity index (χ1n) is 4.43. The van der Waals surface area contributed by atoms with Gasteiger partial charge in [0.25, 0.3) is 14.2 Å². The molecule has 2 aromatic heterocycles. The maximum absolute atomic E-state index is 11.1. The molecule has 0 fully saturated rings. The molecule has 0 aliphatic heterocycles. The molecule has 0 aliphatic carbocycles. The third-order valence-electron chi connectivity index (χ3n) is 2.06. The average Bonchev–Trinajstić information content (AvgIpc) is 2.59. The van der Waals surface area contributed by atoms with E-state index in [-0.39, 0.29) is 16.5 Å². The van der Waals surface area contributed by atoms with Crippen molar-refractivity contribution in [1.82, 2.24) is 19.7 Å². The highest BCUT2D eigenvalue weighted by atomic mass is 35.7. The molecule has 2 aromatic rings. The van der Waals surface area contributed by atoms with Crippen LogP contribution in [0.3, 0.4) is 0 Å². The van der Waals surface area contributed by atoms with Gasteiger partial charge in [-0.25, -0.2) is 8.42 Å². The van der Waals surface area contributed by atoms with Crippen molar-refractivity contribution in [2.75, 3.05) is 0 Å². The molecule has 17 heavy (non-hydrogen) atoms. The van der Waals surface area contributed by atoms with Gasteiger partial charge in [0.15, 0.2) is 5.82 Å². The highest BCUT2D eigenvalue weighted by molar-refractivity contribution is 8.13. The van der Waals surface area contributed by atoms with Crippen LogP contribution in [0.5, 0.6) is 0 Å². The Bertz CT molecular complexity index is 718. The molecule has 1 N–H and O–H groups in total. The van der Waals surface area contributed by atoms with Crippen molar-refractivity contribution in [2.24, 2.45) is 7.05 Å². The lowest BCUT2D eigenvalue weighted by Crippen LogP contribution is -2.07. The maximum atomic E-state index is 11.1. The van der Waals surface area contributed by atoms with E-state index in [1.54, 1.807) is 6.07 Å². The molecule has 0 unspecified atom stereocenters. The number of hydrogen-bond donors (Lipinski definition) is 1. The Morgan fingerprint density at radius 1 is 1.35 bits per heavy atom. The van der Waals surface area contributed by atoms with Gasteiger partial charge in [-0.05, 0) is 6.07 Å². The number of nitrogens with one attached hydrogen (secondary N) is 1. The lowest BCUT2D eigenvalue weighted by atomic mass is 10.3. The highest BCUT2D eigenvalue weighted by Crippen LogP contribution is 2.18. The van der Waals surface area contributed by atoms with Crippen LogP contribution in [-0.2, 0) is 16.1 Å². The minimum Gasteiger partial charge on any atom is -0.319 e. The van der Waals surface area contributed by atoms with Crippen molar-refractivity contribution >= 4 is 19.7 Å². The van der Waals surface area contributed by atoms with E-state index in [9.17, 15) is 13.2 Å². The number of nitrogens with zero attached hydrogens (tertiary/aromatic N) is 3. The predicted octanol–water partition coefficient (Wildman–Crippen LogP) is 0.0979. The molecule has 9 heteroatoms. The van der Waals surface area contributed by atoms with Gasteiger partial charge in [0.05, 0.1) is 5.69 Å². The molecule has 0 radical (unpaired) electrons. The van der Waals surface area contributed by atoms with E-state index < -0.39 is 9.05 Å². The lowest BCUT2D eigenvalue weighted by Gasteiger charge is -2.01. The number of pyridine rings is 1. The normalized spacial score (nSPS) is 11.6. The summed E-state index contributed by atoms with van der Waals surface area (Å²) >= 11 is 0. The van der Waals surface area contributed by atoms with Crippen LogP contribution in [0.4, 0.5) is 0 Å². The number of aromatic amines is 1. The SMILES string of the molecule is Cn1c(-c2cccc(=O)[nH]2)nnc1S(=O)(=O)Cl. The van der Waals surface area contributed by atoms with Crippen LogP contribution in [0.1, 0.15) is 0 Å². The van der Waals surface area contributed by atoms with Crippen LogP contribution in [0, 0.1) is 0 Å². The average molecular weight is 275 g/mol. The predicted molar refractivity (Wildman–Crippen MR) is 60.1 cm³/mol. The van der Waals surface area contributed by atoms with E-state index in [4.69, 9.17) is 10.7 Å². The zero-order valence-electron chi connectivity index (χ0n) is 8.58. The molecule has 0 bridgehead atoms. The summed E-state index contributed by atoms with van der Waals surface area (Å²) in [7, 11) is 2.65. The summed E-state index contributed by atoms with van der Waals surface area (Å²) in [5, 5.41) is 6.76. The molecule has 2 heterocycles. The van der Waals surface area contributed by atoms with Gasteiger partial charge in [-0.15, -0.1) is 10.2 Å². The fourth-order valence-corrected chi connectivity index (χ4v) is 2.30.